The van der Waals surface area contributed by atoms with Crippen LogP contribution in [-0.4, -0.2) is 52.3 Å². The Balaban J connectivity index is 1.99. The fraction of sp³-hybridized carbons (Fsp3) is 0.455. The summed E-state index contributed by atoms with van der Waals surface area (Å²) in [5.41, 5.74) is 0.376. The molecule has 0 heterocycles. The number of aliphatic carboxylic acids is 1. The highest BCUT2D eigenvalue weighted by atomic mass is 16.4. The van der Waals surface area contributed by atoms with Crippen LogP contribution in [0.4, 0.5) is 0 Å². The largest absolute Gasteiger partial charge is 0.481 e. The summed E-state index contributed by atoms with van der Waals surface area (Å²) < 4.78 is 0. The average Bonchev–Trinajstić information content (AvgIpc) is 2.95. The van der Waals surface area contributed by atoms with Gasteiger partial charge in [0.25, 0.3) is 5.91 Å². The number of benzene rings is 2. The molecular formula is C33H42N2O7. The minimum atomic E-state index is -1.31. The fourth-order valence-corrected chi connectivity index (χ4v) is 4.45. The van der Waals surface area contributed by atoms with E-state index in [1.165, 1.54) is 13.8 Å². The zero-order valence-corrected chi connectivity index (χ0v) is 24.9. The van der Waals surface area contributed by atoms with E-state index in [0.29, 0.717) is 12.8 Å². The molecule has 0 bridgehead atoms. The third kappa shape index (κ3) is 11.0. The maximum Gasteiger partial charge on any atom is 0.309 e. The Kier molecular flexibility index (Phi) is 13.3. The molecule has 2 amide bonds. The minimum Gasteiger partial charge on any atom is -0.481 e. The van der Waals surface area contributed by atoms with Crippen LogP contribution in [0, 0.1) is 11.3 Å². The molecule has 0 aliphatic carbocycles. The molecule has 9 nitrogen and oxygen atoms in total. The van der Waals surface area contributed by atoms with Gasteiger partial charge < -0.3 is 15.7 Å². The van der Waals surface area contributed by atoms with Crippen LogP contribution in [0.1, 0.15) is 70.9 Å². The Labute approximate surface area is 247 Å². The predicted molar refractivity (Wildman–Crippen MR) is 159 cm³/mol. The topological polar surface area (TPSA) is 147 Å². The molecule has 0 aliphatic rings. The van der Waals surface area contributed by atoms with Crippen LogP contribution in [0.5, 0.6) is 0 Å². The molecule has 0 saturated heterocycles. The van der Waals surface area contributed by atoms with Gasteiger partial charge in [0.15, 0.2) is 11.6 Å². The van der Waals surface area contributed by atoms with Crippen LogP contribution in [0.15, 0.2) is 60.7 Å². The first kappa shape index (κ1) is 34.1. The van der Waals surface area contributed by atoms with Gasteiger partial charge in [-0.25, -0.2) is 0 Å². The molecule has 0 aliphatic heterocycles. The molecule has 226 valence electrons. The second-order valence-corrected chi connectivity index (χ2v) is 11.4. The number of nitrogens with one attached hydrogen (secondary N) is 2. The molecule has 3 N–H and O–H groups in total. The summed E-state index contributed by atoms with van der Waals surface area (Å²) in [5, 5.41) is 14.7. The lowest BCUT2D eigenvalue weighted by Gasteiger charge is -2.26. The third-order valence-electron chi connectivity index (χ3n) is 7.34. The van der Waals surface area contributed by atoms with Gasteiger partial charge in [-0.1, -0.05) is 80.9 Å². The number of amides is 2. The van der Waals surface area contributed by atoms with E-state index in [2.05, 4.69) is 10.6 Å². The van der Waals surface area contributed by atoms with Gasteiger partial charge in [-0.3, -0.25) is 28.8 Å². The van der Waals surface area contributed by atoms with Crippen molar-refractivity contribution in [3.05, 3.63) is 71.8 Å². The summed E-state index contributed by atoms with van der Waals surface area (Å²) in [7, 11) is 0. The zero-order valence-electron chi connectivity index (χ0n) is 24.9. The molecule has 0 fully saturated rings. The van der Waals surface area contributed by atoms with E-state index in [4.69, 9.17) is 0 Å². The van der Waals surface area contributed by atoms with Crippen LogP contribution >= 0.6 is 0 Å². The minimum absolute atomic E-state index is 0.0251. The van der Waals surface area contributed by atoms with Crippen LogP contribution < -0.4 is 10.6 Å². The predicted octanol–water partition coefficient (Wildman–Crippen LogP) is 3.87. The standard InChI is InChI=1S/C33H42N2O7/c1-5-22(2)30(28(38)21-33(3,4)32(41)42)35-31(40)27(37)18-12-17-26(36)25(19-23-13-8-6-9-14-23)34-29(39)20-24-15-10-7-11-16-24/h6-11,13-16,22,25,30H,5,12,17-21H2,1-4H3,(H,34,39)(H,35,40)(H,41,42)/t22-,25-,30-/m0/s1. The van der Waals surface area contributed by atoms with Crippen molar-refractivity contribution in [1.82, 2.24) is 10.6 Å². The highest BCUT2D eigenvalue weighted by Crippen LogP contribution is 2.24. The highest BCUT2D eigenvalue weighted by Gasteiger charge is 2.36. The fourth-order valence-electron chi connectivity index (χ4n) is 4.45. The van der Waals surface area contributed by atoms with E-state index in [1.54, 1.807) is 6.92 Å². The molecule has 2 rings (SSSR count). The summed E-state index contributed by atoms with van der Waals surface area (Å²) in [5.74, 6) is -4.15. The average molecular weight is 579 g/mol. The number of hydrogen-bond donors (Lipinski definition) is 3. The summed E-state index contributed by atoms with van der Waals surface area (Å²) in [6, 6.07) is 16.7. The Morgan fingerprint density at radius 2 is 1.38 bits per heavy atom. The summed E-state index contributed by atoms with van der Waals surface area (Å²) in [4.78, 5) is 75.5. The van der Waals surface area contributed by atoms with Gasteiger partial charge in [0.2, 0.25) is 11.7 Å². The van der Waals surface area contributed by atoms with Crippen molar-refractivity contribution in [3.63, 3.8) is 0 Å². The summed E-state index contributed by atoms with van der Waals surface area (Å²) in [6.45, 7) is 6.44. The van der Waals surface area contributed by atoms with Gasteiger partial charge in [0.05, 0.1) is 23.9 Å². The molecule has 0 unspecified atom stereocenters. The normalized spacial score (nSPS) is 13.3. The smallest absolute Gasteiger partial charge is 0.309 e. The van der Waals surface area contributed by atoms with Crippen molar-refractivity contribution in [2.45, 2.75) is 84.7 Å². The number of Topliss-reactive ketones (excluding diaryl/α,β-unsaturated/α-hetero) is 3. The molecule has 9 heteroatoms. The van der Waals surface area contributed by atoms with E-state index >= 15 is 0 Å². The maximum absolute atomic E-state index is 13.2. The molecule has 0 saturated carbocycles. The van der Waals surface area contributed by atoms with E-state index < -0.39 is 40.9 Å². The number of carboxylic acids is 1. The van der Waals surface area contributed by atoms with Crippen molar-refractivity contribution in [1.29, 1.82) is 0 Å². The Morgan fingerprint density at radius 1 is 0.810 bits per heavy atom. The lowest BCUT2D eigenvalue weighted by molar-refractivity contribution is -0.150. The number of rotatable bonds is 18. The first-order valence-electron chi connectivity index (χ1n) is 14.3. The summed E-state index contributed by atoms with van der Waals surface area (Å²) >= 11 is 0. The van der Waals surface area contributed by atoms with E-state index in [0.717, 1.165) is 11.1 Å². The van der Waals surface area contributed by atoms with Crippen LogP contribution in [0.3, 0.4) is 0 Å². The third-order valence-corrected chi connectivity index (χ3v) is 7.34. The van der Waals surface area contributed by atoms with Gasteiger partial charge >= 0.3 is 5.97 Å². The van der Waals surface area contributed by atoms with E-state index in [9.17, 15) is 33.9 Å². The maximum atomic E-state index is 13.2. The van der Waals surface area contributed by atoms with Gasteiger partial charge in [-0.2, -0.15) is 0 Å². The van der Waals surface area contributed by atoms with Gasteiger partial charge in [-0.05, 0) is 43.7 Å². The number of carbonyl (C=O) groups excluding carboxylic acids is 5. The zero-order chi connectivity index (χ0) is 31.3. The lowest BCUT2D eigenvalue weighted by Crippen LogP contribution is -2.49. The lowest BCUT2D eigenvalue weighted by atomic mass is 9.82. The van der Waals surface area contributed by atoms with Crippen LogP contribution in [0.25, 0.3) is 0 Å². The van der Waals surface area contributed by atoms with Gasteiger partial charge in [0, 0.05) is 19.3 Å². The van der Waals surface area contributed by atoms with E-state index in [1.807, 2.05) is 67.6 Å². The molecule has 42 heavy (non-hydrogen) atoms. The number of ketones is 3. The van der Waals surface area contributed by atoms with Crippen LogP contribution in [0.2, 0.25) is 0 Å². The van der Waals surface area contributed by atoms with Crippen molar-refractivity contribution in [3.8, 4) is 0 Å². The monoisotopic (exact) mass is 578 g/mol. The van der Waals surface area contributed by atoms with Gasteiger partial charge in [0.1, 0.15) is 0 Å². The van der Waals surface area contributed by atoms with Crippen molar-refractivity contribution in [2.75, 3.05) is 0 Å². The van der Waals surface area contributed by atoms with E-state index in [-0.39, 0.29) is 49.7 Å². The number of carbonyl (C=O) groups is 6. The number of carboxylic acid groups (broad SMARTS) is 1. The van der Waals surface area contributed by atoms with Gasteiger partial charge in [-0.15, -0.1) is 0 Å². The molecule has 2 aromatic rings. The number of hydrogen-bond acceptors (Lipinski definition) is 6. The second-order valence-electron chi connectivity index (χ2n) is 11.4. The van der Waals surface area contributed by atoms with Crippen LogP contribution in [-0.2, 0) is 41.6 Å². The Morgan fingerprint density at radius 3 is 1.93 bits per heavy atom. The van der Waals surface area contributed by atoms with Crippen molar-refractivity contribution in [2.24, 2.45) is 11.3 Å². The van der Waals surface area contributed by atoms with Crippen molar-refractivity contribution < 1.29 is 33.9 Å². The molecule has 0 spiro atoms. The molecule has 3 atom stereocenters. The SMILES string of the molecule is CC[C@H](C)[C@H](NC(=O)C(=O)CCCC(=O)[C@H](Cc1ccccc1)NC(=O)Cc1ccccc1)C(=O)CC(C)(C)C(=O)O. The first-order valence-corrected chi connectivity index (χ1v) is 14.3. The highest BCUT2D eigenvalue weighted by molar-refractivity contribution is 6.36. The second kappa shape index (κ2) is 16.3. The van der Waals surface area contributed by atoms with Crippen molar-refractivity contribution >= 4 is 35.1 Å². The summed E-state index contributed by atoms with van der Waals surface area (Å²) in [6.07, 6.45) is 0.514. The molecule has 0 radical (unpaired) electrons. The molecule has 2 aromatic carbocycles. The quantitative estimate of drug-likeness (QED) is 0.228. The Bertz CT molecular complexity index is 1240. The Hall–Kier alpha value is -4.14. The molecular weight excluding hydrogens is 536 g/mol. The first-order chi connectivity index (χ1) is 19.8. The molecule has 0 aromatic heterocycles.